The Morgan fingerprint density at radius 3 is 3.00 bits per heavy atom. The van der Waals surface area contributed by atoms with E-state index in [4.69, 9.17) is 9.47 Å². The fraction of sp³-hybridized carbons (Fsp3) is 0.300. The maximum absolute atomic E-state index is 11.5. The molecule has 0 spiro atoms. The van der Waals surface area contributed by atoms with Crippen LogP contribution in [0.3, 0.4) is 0 Å². The highest BCUT2D eigenvalue weighted by Crippen LogP contribution is 2.35. The Balaban J connectivity index is 2.54. The number of benzene rings is 1. The van der Waals surface area contributed by atoms with Gasteiger partial charge in [0, 0.05) is 6.42 Å². The molecule has 0 saturated carbocycles. The molecular formula is C10H9BrO3. The third-order valence-corrected chi connectivity index (χ3v) is 2.76. The Kier molecular flexibility index (Phi) is 2.46. The van der Waals surface area contributed by atoms with Crippen LogP contribution in [0.15, 0.2) is 16.6 Å². The van der Waals surface area contributed by atoms with Gasteiger partial charge in [-0.15, -0.1) is 0 Å². The van der Waals surface area contributed by atoms with E-state index in [0.29, 0.717) is 30.1 Å². The van der Waals surface area contributed by atoms with Crippen molar-refractivity contribution in [3.05, 3.63) is 22.2 Å². The van der Waals surface area contributed by atoms with Gasteiger partial charge in [-0.05, 0) is 28.1 Å². The normalized spacial score (nSPS) is 14.6. The van der Waals surface area contributed by atoms with Crippen molar-refractivity contribution in [2.24, 2.45) is 0 Å². The molecule has 0 amide bonds. The summed E-state index contributed by atoms with van der Waals surface area (Å²) in [6.07, 6.45) is 0.442. The number of Topliss-reactive ketones (excluding diaryl/α,β-unsaturated/α-hetero) is 1. The molecule has 0 aromatic heterocycles. The predicted molar refractivity (Wildman–Crippen MR) is 55.1 cm³/mol. The van der Waals surface area contributed by atoms with Crippen molar-refractivity contribution in [1.82, 2.24) is 0 Å². The van der Waals surface area contributed by atoms with Crippen LogP contribution in [-0.2, 0) is 0 Å². The second kappa shape index (κ2) is 3.61. The van der Waals surface area contributed by atoms with Gasteiger partial charge < -0.3 is 9.47 Å². The molecule has 4 heteroatoms. The minimum atomic E-state index is 0.108. The van der Waals surface area contributed by atoms with Crippen LogP contribution in [0.5, 0.6) is 11.5 Å². The molecule has 0 atom stereocenters. The van der Waals surface area contributed by atoms with Gasteiger partial charge >= 0.3 is 0 Å². The van der Waals surface area contributed by atoms with Crippen LogP contribution in [0.1, 0.15) is 16.8 Å². The number of halogens is 1. The first-order valence-corrected chi connectivity index (χ1v) is 5.05. The number of rotatable bonds is 1. The van der Waals surface area contributed by atoms with Crippen LogP contribution >= 0.6 is 15.9 Å². The molecule has 0 radical (unpaired) electrons. The topological polar surface area (TPSA) is 35.5 Å². The molecule has 0 unspecified atom stereocenters. The van der Waals surface area contributed by atoms with Gasteiger partial charge in [0.25, 0.3) is 0 Å². The molecule has 1 aliphatic heterocycles. The largest absolute Gasteiger partial charge is 0.496 e. The van der Waals surface area contributed by atoms with Crippen molar-refractivity contribution in [2.45, 2.75) is 6.42 Å². The number of carbonyl (C=O) groups excluding carboxylic acids is 1. The predicted octanol–water partition coefficient (Wildman–Crippen LogP) is 2.42. The molecular weight excluding hydrogens is 248 g/mol. The number of carbonyl (C=O) groups is 1. The molecule has 1 heterocycles. The lowest BCUT2D eigenvalue weighted by Crippen LogP contribution is -2.15. The van der Waals surface area contributed by atoms with Crippen molar-refractivity contribution in [1.29, 1.82) is 0 Å². The van der Waals surface area contributed by atoms with Gasteiger partial charge in [-0.2, -0.15) is 0 Å². The van der Waals surface area contributed by atoms with E-state index in [2.05, 4.69) is 15.9 Å². The number of hydrogen-bond acceptors (Lipinski definition) is 3. The first-order chi connectivity index (χ1) is 6.72. The van der Waals surface area contributed by atoms with Crippen LogP contribution in [-0.4, -0.2) is 19.5 Å². The third kappa shape index (κ3) is 1.50. The van der Waals surface area contributed by atoms with Crippen LogP contribution in [0.25, 0.3) is 0 Å². The van der Waals surface area contributed by atoms with Crippen LogP contribution < -0.4 is 9.47 Å². The Bertz CT molecular complexity index is 387. The SMILES string of the molecule is COc1cc2c(cc1Br)OCCC2=O. The van der Waals surface area contributed by atoms with E-state index < -0.39 is 0 Å². The summed E-state index contributed by atoms with van der Waals surface area (Å²) in [5.41, 5.74) is 0.608. The Labute approximate surface area is 90.1 Å². The van der Waals surface area contributed by atoms with E-state index in [1.165, 1.54) is 0 Å². The van der Waals surface area contributed by atoms with E-state index in [1.54, 1.807) is 19.2 Å². The van der Waals surface area contributed by atoms with E-state index >= 15 is 0 Å². The average molecular weight is 257 g/mol. The van der Waals surface area contributed by atoms with Gasteiger partial charge in [0.2, 0.25) is 0 Å². The zero-order chi connectivity index (χ0) is 10.1. The van der Waals surface area contributed by atoms with Crippen molar-refractivity contribution < 1.29 is 14.3 Å². The number of hydrogen-bond donors (Lipinski definition) is 0. The summed E-state index contributed by atoms with van der Waals surface area (Å²) in [6, 6.07) is 3.48. The molecule has 0 bridgehead atoms. The first-order valence-electron chi connectivity index (χ1n) is 4.26. The van der Waals surface area contributed by atoms with Gasteiger partial charge in [0.05, 0.1) is 23.8 Å². The zero-order valence-corrected chi connectivity index (χ0v) is 9.26. The van der Waals surface area contributed by atoms with Crippen molar-refractivity contribution in [3.8, 4) is 11.5 Å². The molecule has 74 valence electrons. The Hall–Kier alpha value is -1.03. The lowest BCUT2D eigenvalue weighted by Gasteiger charge is -2.17. The number of ketones is 1. The van der Waals surface area contributed by atoms with Gasteiger partial charge in [-0.3, -0.25) is 4.79 Å². The van der Waals surface area contributed by atoms with E-state index in [9.17, 15) is 4.79 Å². The van der Waals surface area contributed by atoms with Crippen molar-refractivity contribution >= 4 is 21.7 Å². The van der Waals surface area contributed by atoms with E-state index in [1.807, 2.05) is 0 Å². The van der Waals surface area contributed by atoms with E-state index in [-0.39, 0.29) is 5.78 Å². The number of ether oxygens (including phenoxy) is 2. The standard InChI is InChI=1S/C10H9BrO3/c1-13-10-4-6-8(12)2-3-14-9(6)5-7(10)11/h4-5H,2-3H2,1H3. The van der Waals surface area contributed by atoms with Gasteiger partial charge in [-0.1, -0.05) is 0 Å². The van der Waals surface area contributed by atoms with Crippen LogP contribution in [0.4, 0.5) is 0 Å². The first kappa shape index (κ1) is 9.52. The summed E-state index contributed by atoms with van der Waals surface area (Å²) in [4.78, 5) is 11.5. The van der Waals surface area contributed by atoms with Crippen LogP contribution in [0, 0.1) is 0 Å². The summed E-state index contributed by atoms with van der Waals surface area (Å²) < 4.78 is 11.3. The molecule has 1 aliphatic rings. The lowest BCUT2D eigenvalue weighted by molar-refractivity contribution is 0.0933. The molecule has 1 aromatic carbocycles. The molecule has 0 aliphatic carbocycles. The smallest absolute Gasteiger partial charge is 0.170 e. The minimum absolute atomic E-state index is 0.108. The maximum Gasteiger partial charge on any atom is 0.170 e. The number of fused-ring (bicyclic) bond motifs is 1. The zero-order valence-electron chi connectivity index (χ0n) is 7.67. The third-order valence-electron chi connectivity index (χ3n) is 2.14. The average Bonchev–Trinajstić information content (AvgIpc) is 2.17. The number of methoxy groups -OCH3 is 1. The summed E-state index contributed by atoms with van der Waals surface area (Å²) in [6.45, 7) is 0.463. The summed E-state index contributed by atoms with van der Waals surface area (Å²) in [7, 11) is 1.57. The second-order valence-electron chi connectivity index (χ2n) is 3.00. The molecule has 3 nitrogen and oxygen atoms in total. The summed E-state index contributed by atoms with van der Waals surface area (Å²) in [5.74, 6) is 1.40. The fourth-order valence-corrected chi connectivity index (χ4v) is 1.90. The second-order valence-corrected chi connectivity index (χ2v) is 3.86. The Morgan fingerprint density at radius 2 is 2.29 bits per heavy atom. The van der Waals surface area contributed by atoms with Gasteiger partial charge in [0.1, 0.15) is 11.5 Å². The molecule has 14 heavy (non-hydrogen) atoms. The van der Waals surface area contributed by atoms with E-state index in [0.717, 1.165) is 4.47 Å². The monoisotopic (exact) mass is 256 g/mol. The van der Waals surface area contributed by atoms with Crippen molar-refractivity contribution in [3.63, 3.8) is 0 Å². The van der Waals surface area contributed by atoms with Crippen LogP contribution in [0.2, 0.25) is 0 Å². The highest BCUT2D eigenvalue weighted by atomic mass is 79.9. The summed E-state index contributed by atoms with van der Waals surface area (Å²) in [5, 5.41) is 0. The molecule has 2 rings (SSSR count). The van der Waals surface area contributed by atoms with Crippen molar-refractivity contribution in [2.75, 3.05) is 13.7 Å². The van der Waals surface area contributed by atoms with Gasteiger partial charge in [0.15, 0.2) is 5.78 Å². The summed E-state index contributed by atoms with van der Waals surface area (Å²) >= 11 is 3.34. The lowest BCUT2D eigenvalue weighted by atomic mass is 10.0. The Morgan fingerprint density at radius 1 is 1.50 bits per heavy atom. The molecule has 0 saturated heterocycles. The highest BCUT2D eigenvalue weighted by molar-refractivity contribution is 9.10. The maximum atomic E-state index is 11.5. The fourth-order valence-electron chi connectivity index (χ4n) is 1.42. The quantitative estimate of drug-likeness (QED) is 0.775. The minimum Gasteiger partial charge on any atom is -0.496 e. The van der Waals surface area contributed by atoms with Gasteiger partial charge in [-0.25, -0.2) is 0 Å². The highest BCUT2D eigenvalue weighted by Gasteiger charge is 2.20. The molecule has 0 N–H and O–H groups in total. The molecule has 1 aromatic rings. The molecule has 0 fully saturated rings.